The maximum absolute atomic E-state index is 12.9. The van der Waals surface area contributed by atoms with Gasteiger partial charge in [0.25, 0.3) is 0 Å². The van der Waals surface area contributed by atoms with Gasteiger partial charge in [-0.3, -0.25) is 0 Å². The van der Waals surface area contributed by atoms with Crippen LogP contribution < -0.4 is 15.2 Å². The molecule has 3 aromatic rings. The first-order valence-electron chi connectivity index (χ1n) is 12.9. The van der Waals surface area contributed by atoms with Gasteiger partial charge < -0.3 is 25.5 Å². The number of rotatable bonds is 14. The van der Waals surface area contributed by atoms with Gasteiger partial charge in [-0.1, -0.05) is 48.8 Å². The highest BCUT2D eigenvalue weighted by Gasteiger charge is 2.21. The number of esters is 1. The van der Waals surface area contributed by atoms with Crippen LogP contribution in [0.15, 0.2) is 75.6 Å². The number of hydrogen-bond acceptors (Lipinski definition) is 10. The number of nitrogens with one attached hydrogen (secondary N) is 1. The lowest BCUT2D eigenvalue weighted by molar-refractivity contribution is -0.146. The second kappa shape index (κ2) is 14.2. The average molecular weight is 620 g/mol. The minimum atomic E-state index is -4.22. The highest BCUT2D eigenvalue weighted by molar-refractivity contribution is 7.91. The molecule has 0 aliphatic heterocycles. The van der Waals surface area contributed by atoms with Crippen LogP contribution in [0, 0.1) is 0 Å². The van der Waals surface area contributed by atoms with Crippen LogP contribution in [0.3, 0.4) is 0 Å². The molecular weight excluding hydrogens is 586 g/mol. The van der Waals surface area contributed by atoms with Crippen LogP contribution in [0.1, 0.15) is 30.9 Å². The summed E-state index contributed by atoms with van der Waals surface area (Å²) in [5.41, 5.74) is 7.10. The number of amidine groups is 1. The number of ether oxygens (including phenoxy) is 2. The van der Waals surface area contributed by atoms with Crippen LogP contribution in [-0.2, 0) is 35.8 Å². The fraction of sp³-hybridized carbons (Fsp3) is 0.286. The van der Waals surface area contributed by atoms with E-state index in [-0.39, 0.29) is 41.6 Å². The Morgan fingerprint density at radius 1 is 1.02 bits per heavy atom. The van der Waals surface area contributed by atoms with Crippen LogP contribution in [0.4, 0.5) is 0 Å². The lowest BCUT2D eigenvalue weighted by atomic mass is 10.0. The summed E-state index contributed by atoms with van der Waals surface area (Å²) in [6.45, 7) is 1.67. The van der Waals surface area contributed by atoms with E-state index in [2.05, 4.69) is 9.88 Å². The monoisotopic (exact) mass is 619 g/mol. The molecular formula is C28H33N3O9S2. The lowest BCUT2D eigenvalue weighted by Crippen LogP contribution is -2.27. The summed E-state index contributed by atoms with van der Waals surface area (Å²) in [7, 11) is -7.78. The fourth-order valence-corrected chi connectivity index (χ4v) is 6.01. The maximum Gasteiger partial charge on any atom is 0.344 e. The molecule has 0 saturated carbocycles. The second-order valence-electron chi connectivity index (χ2n) is 9.27. The summed E-state index contributed by atoms with van der Waals surface area (Å²) in [4.78, 5) is 11.8. The standard InChI is InChI=1S/C28H33N3O9S2/c1-3-4-15-39-27(33)18-40-24-16-20(22-7-5-6-8-25(22)41(2,35)36)10-9-19(24)13-14-30-42(37,38)26-17-21(28(29)31-34)11-12-23(26)32/h5-12,16-17,30,32,34H,3-4,13-15,18H2,1-2H3,(H2,29,31). The third-order valence-corrected chi connectivity index (χ3v) is 8.76. The number of nitrogens with two attached hydrogens (primary N) is 1. The lowest BCUT2D eigenvalue weighted by Gasteiger charge is -2.15. The van der Waals surface area contributed by atoms with Crippen molar-refractivity contribution in [1.82, 2.24) is 4.72 Å². The highest BCUT2D eigenvalue weighted by atomic mass is 32.2. The number of sulfone groups is 1. The molecule has 0 spiro atoms. The fourth-order valence-electron chi connectivity index (χ4n) is 3.94. The van der Waals surface area contributed by atoms with Gasteiger partial charge in [0.15, 0.2) is 22.3 Å². The Kier molecular flexibility index (Phi) is 10.9. The predicted molar refractivity (Wildman–Crippen MR) is 156 cm³/mol. The van der Waals surface area contributed by atoms with Gasteiger partial charge in [0.1, 0.15) is 16.4 Å². The Balaban J connectivity index is 1.88. The Morgan fingerprint density at radius 3 is 2.45 bits per heavy atom. The molecule has 0 aliphatic carbocycles. The number of benzene rings is 3. The average Bonchev–Trinajstić information content (AvgIpc) is 2.96. The highest BCUT2D eigenvalue weighted by Crippen LogP contribution is 2.32. The molecule has 3 rings (SSSR count). The van der Waals surface area contributed by atoms with Crippen molar-refractivity contribution < 1.29 is 41.4 Å². The first-order valence-corrected chi connectivity index (χ1v) is 16.3. The number of unbranched alkanes of at least 4 members (excludes halogenated alkanes) is 1. The molecule has 14 heteroatoms. The summed E-state index contributed by atoms with van der Waals surface area (Å²) in [6, 6.07) is 14.8. The first-order chi connectivity index (χ1) is 19.9. The molecule has 0 aromatic heterocycles. The number of carbonyl (C=O) groups is 1. The van der Waals surface area contributed by atoms with Crippen molar-refractivity contribution in [3.8, 4) is 22.6 Å². The van der Waals surface area contributed by atoms with E-state index in [1.807, 2.05) is 6.92 Å². The number of hydrogen-bond donors (Lipinski definition) is 4. The van der Waals surface area contributed by atoms with Crippen LogP contribution in [0.5, 0.6) is 11.5 Å². The molecule has 0 aliphatic rings. The van der Waals surface area contributed by atoms with Gasteiger partial charge in [-0.25, -0.2) is 26.4 Å². The van der Waals surface area contributed by atoms with Gasteiger partial charge in [-0.2, -0.15) is 0 Å². The van der Waals surface area contributed by atoms with Crippen LogP contribution in [0.2, 0.25) is 0 Å². The summed E-state index contributed by atoms with van der Waals surface area (Å²) in [5, 5.41) is 21.9. The van der Waals surface area contributed by atoms with Crippen LogP contribution in [0.25, 0.3) is 11.1 Å². The molecule has 0 amide bonds. The maximum atomic E-state index is 12.9. The predicted octanol–water partition coefficient (Wildman–Crippen LogP) is 2.80. The Hall–Kier alpha value is -4.14. The van der Waals surface area contributed by atoms with Crippen molar-refractivity contribution in [2.24, 2.45) is 10.9 Å². The summed E-state index contributed by atoms with van der Waals surface area (Å²) >= 11 is 0. The van der Waals surface area contributed by atoms with Gasteiger partial charge in [0.05, 0.1) is 11.5 Å². The van der Waals surface area contributed by atoms with Gasteiger partial charge in [0.2, 0.25) is 10.0 Å². The molecule has 0 heterocycles. The number of oxime groups is 1. The van der Waals surface area contributed by atoms with E-state index < -0.39 is 43.1 Å². The van der Waals surface area contributed by atoms with Gasteiger partial charge >= 0.3 is 5.97 Å². The van der Waals surface area contributed by atoms with Crippen molar-refractivity contribution in [3.63, 3.8) is 0 Å². The molecule has 0 fully saturated rings. The topological polar surface area (TPSA) is 195 Å². The molecule has 0 unspecified atom stereocenters. The van der Waals surface area contributed by atoms with Crippen molar-refractivity contribution in [2.75, 3.05) is 26.0 Å². The van der Waals surface area contributed by atoms with Gasteiger partial charge in [-0.15, -0.1) is 0 Å². The van der Waals surface area contributed by atoms with Gasteiger partial charge in [-0.05, 0) is 54.3 Å². The van der Waals surface area contributed by atoms with E-state index >= 15 is 0 Å². The number of phenolic OH excluding ortho intramolecular Hbond substituents is 1. The molecule has 226 valence electrons. The number of sulfonamides is 1. The zero-order valence-corrected chi connectivity index (χ0v) is 24.7. The number of nitrogens with zero attached hydrogens (tertiary/aromatic N) is 1. The Morgan fingerprint density at radius 2 is 1.76 bits per heavy atom. The molecule has 42 heavy (non-hydrogen) atoms. The molecule has 5 N–H and O–H groups in total. The van der Waals surface area contributed by atoms with E-state index in [9.17, 15) is 26.7 Å². The normalized spacial score (nSPS) is 12.2. The van der Waals surface area contributed by atoms with Crippen molar-refractivity contribution >= 4 is 31.7 Å². The third-order valence-electron chi connectivity index (χ3n) is 6.11. The SMILES string of the molecule is CCCCOC(=O)COc1cc(-c2ccccc2S(C)(=O)=O)ccc1CCNS(=O)(=O)c1cc(/C(N)=N/O)ccc1O. The van der Waals surface area contributed by atoms with Crippen LogP contribution >= 0.6 is 0 Å². The third kappa shape index (κ3) is 8.44. The van der Waals surface area contributed by atoms with Crippen LogP contribution in [-0.4, -0.2) is 65.0 Å². The molecule has 0 atom stereocenters. The zero-order valence-electron chi connectivity index (χ0n) is 23.1. The van der Waals surface area contributed by atoms with Crippen molar-refractivity contribution in [1.29, 1.82) is 0 Å². The smallest absolute Gasteiger partial charge is 0.344 e. The van der Waals surface area contributed by atoms with Gasteiger partial charge in [0, 0.05) is 23.9 Å². The molecule has 3 aromatic carbocycles. The minimum Gasteiger partial charge on any atom is -0.507 e. The second-order valence-corrected chi connectivity index (χ2v) is 13.0. The zero-order chi connectivity index (χ0) is 30.9. The van der Waals surface area contributed by atoms with Crippen molar-refractivity contribution in [2.45, 2.75) is 36.0 Å². The van der Waals surface area contributed by atoms with E-state index in [1.165, 1.54) is 12.1 Å². The Labute approximate surface area is 244 Å². The quantitative estimate of drug-likeness (QED) is 0.0520. The Bertz CT molecular complexity index is 1670. The van der Waals surface area contributed by atoms with E-state index in [0.29, 0.717) is 23.1 Å². The van der Waals surface area contributed by atoms with E-state index in [4.69, 9.17) is 20.4 Å². The molecule has 12 nitrogen and oxygen atoms in total. The van der Waals surface area contributed by atoms with E-state index in [1.54, 1.807) is 36.4 Å². The molecule has 0 radical (unpaired) electrons. The number of aromatic hydroxyl groups is 1. The summed E-state index contributed by atoms with van der Waals surface area (Å²) < 4.78 is 63.9. The summed E-state index contributed by atoms with van der Waals surface area (Å²) in [5.74, 6) is -1.22. The molecule has 0 bridgehead atoms. The first kappa shape index (κ1) is 32.4. The number of phenols is 1. The largest absolute Gasteiger partial charge is 0.507 e. The molecule has 0 saturated heterocycles. The summed E-state index contributed by atoms with van der Waals surface area (Å²) in [6.07, 6.45) is 2.76. The minimum absolute atomic E-state index is 0.0853. The number of carbonyl (C=O) groups excluding carboxylic acids is 1. The van der Waals surface area contributed by atoms with E-state index in [0.717, 1.165) is 24.8 Å². The van der Waals surface area contributed by atoms with Crippen molar-refractivity contribution in [3.05, 3.63) is 71.8 Å².